The summed E-state index contributed by atoms with van der Waals surface area (Å²) in [6.07, 6.45) is 5.68. The first kappa shape index (κ1) is 20.7. The van der Waals surface area contributed by atoms with Gasteiger partial charge in [0.1, 0.15) is 12.6 Å². The van der Waals surface area contributed by atoms with Gasteiger partial charge in [0.2, 0.25) is 5.76 Å². The van der Waals surface area contributed by atoms with Crippen LogP contribution < -0.4 is 10.2 Å². The number of piperazine rings is 1. The normalized spacial score (nSPS) is 20.0. The quantitative estimate of drug-likeness (QED) is 0.447. The van der Waals surface area contributed by atoms with Crippen LogP contribution in [0.2, 0.25) is 0 Å². The lowest BCUT2D eigenvalue weighted by Crippen LogP contribution is -2.48. The van der Waals surface area contributed by atoms with Crippen LogP contribution in [0.3, 0.4) is 0 Å². The van der Waals surface area contributed by atoms with Gasteiger partial charge in [0.05, 0.1) is 11.9 Å². The minimum Gasteiger partial charge on any atom is -0.475 e. The first-order valence-electron chi connectivity index (χ1n) is 11.4. The molecular weight excluding hydrogens is 434 g/mol. The fraction of sp³-hybridized carbons (Fsp3) is 0.333. The van der Waals surface area contributed by atoms with E-state index in [2.05, 4.69) is 68.3 Å². The summed E-state index contributed by atoms with van der Waals surface area (Å²) in [5, 5.41) is 16.7. The first-order valence-corrected chi connectivity index (χ1v) is 11.4. The van der Waals surface area contributed by atoms with Crippen molar-refractivity contribution in [2.24, 2.45) is 0 Å². The molecule has 0 spiro atoms. The number of hydrogen-bond donors (Lipinski definition) is 2. The van der Waals surface area contributed by atoms with Crippen molar-refractivity contribution >= 4 is 28.8 Å². The lowest BCUT2D eigenvalue weighted by atomic mass is 10.2. The number of rotatable bonds is 6. The molecule has 1 aromatic carbocycles. The summed E-state index contributed by atoms with van der Waals surface area (Å²) in [6.45, 7) is 6.77. The summed E-state index contributed by atoms with van der Waals surface area (Å²) < 4.78 is 6.72. The molecule has 0 saturated carbocycles. The second kappa shape index (κ2) is 7.84. The van der Waals surface area contributed by atoms with E-state index in [9.17, 15) is 4.79 Å². The van der Waals surface area contributed by atoms with Gasteiger partial charge in [-0.3, -0.25) is 4.90 Å². The second-order valence-electron chi connectivity index (χ2n) is 9.15. The number of carboxylic acids is 1. The van der Waals surface area contributed by atoms with Crippen molar-refractivity contribution in [3.05, 3.63) is 54.9 Å². The van der Waals surface area contributed by atoms with Gasteiger partial charge in [0.25, 0.3) is 0 Å². The smallest absolute Gasteiger partial charge is 0.371 e. The van der Waals surface area contributed by atoms with E-state index < -0.39 is 5.97 Å². The molecule has 3 aromatic heterocycles. The van der Waals surface area contributed by atoms with E-state index in [1.807, 2.05) is 0 Å². The molecule has 2 bridgehead atoms. The molecule has 2 aliphatic heterocycles. The van der Waals surface area contributed by atoms with Gasteiger partial charge >= 0.3 is 5.97 Å². The highest BCUT2D eigenvalue weighted by molar-refractivity contribution is 5.86. The molecular formula is C24H25N7O3. The average molecular weight is 460 g/mol. The standard InChI is InChI=1S/C24H25N7O3/c1-14(2)29-10-19-8-18(29)11-30(19)17-5-3-16(4-6-17)28-22-23-26-13-27-31(23)20(9-25-22)15-7-21(24(32)33)34-12-15/h3-7,9,12-14,18-19H,8,10-11H2,1-2H3,(H,25,28)(H,32,33)/t18-,19-/m1/s1. The summed E-state index contributed by atoms with van der Waals surface area (Å²) in [4.78, 5) is 25.1. The maximum absolute atomic E-state index is 11.1. The number of furan rings is 1. The van der Waals surface area contributed by atoms with E-state index in [0.29, 0.717) is 40.8 Å². The second-order valence-corrected chi connectivity index (χ2v) is 9.15. The Labute approximate surface area is 195 Å². The number of nitrogens with one attached hydrogen (secondary N) is 1. The Hall–Kier alpha value is -3.92. The van der Waals surface area contributed by atoms with Crippen LogP contribution in [-0.4, -0.2) is 66.8 Å². The van der Waals surface area contributed by atoms with Gasteiger partial charge in [0.15, 0.2) is 11.5 Å². The third-order valence-corrected chi connectivity index (χ3v) is 6.82. The van der Waals surface area contributed by atoms with Crippen LogP contribution in [0.4, 0.5) is 17.2 Å². The molecule has 10 nitrogen and oxygen atoms in total. The first-order chi connectivity index (χ1) is 16.5. The third-order valence-electron chi connectivity index (χ3n) is 6.82. The fourth-order valence-electron chi connectivity index (χ4n) is 5.20. The van der Waals surface area contributed by atoms with Crippen molar-refractivity contribution in [1.82, 2.24) is 24.5 Å². The Morgan fingerprint density at radius 3 is 2.68 bits per heavy atom. The number of likely N-dealkylation sites (tertiary alicyclic amines) is 1. The Kier molecular flexibility index (Phi) is 4.77. The van der Waals surface area contributed by atoms with Gasteiger partial charge < -0.3 is 19.7 Å². The molecule has 34 heavy (non-hydrogen) atoms. The van der Waals surface area contributed by atoms with Crippen LogP contribution in [0.25, 0.3) is 16.9 Å². The number of nitrogens with zero attached hydrogens (tertiary/aromatic N) is 6. The highest BCUT2D eigenvalue weighted by atomic mass is 16.4. The number of hydrogen-bond acceptors (Lipinski definition) is 8. The SMILES string of the molecule is CC(C)N1C[C@H]2C[C@@H]1CN2c1ccc(Nc2ncc(-c3coc(C(=O)O)c3)n3ncnc23)cc1. The van der Waals surface area contributed by atoms with Crippen molar-refractivity contribution in [3.8, 4) is 11.3 Å². The summed E-state index contributed by atoms with van der Waals surface area (Å²) in [6, 6.07) is 11.7. The van der Waals surface area contributed by atoms with Crippen molar-refractivity contribution in [1.29, 1.82) is 0 Å². The zero-order valence-corrected chi connectivity index (χ0v) is 18.9. The molecule has 2 fully saturated rings. The van der Waals surface area contributed by atoms with Gasteiger partial charge in [-0.15, -0.1) is 0 Å². The molecule has 0 aliphatic carbocycles. The molecule has 0 radical (unpaired) electrons. The highest BCUT2D eigenvalue weighted by Crippen LogP contribution is 2.36. The Balaban J connectivity index is 1.21. The molecule has 10 heteroatoms. The average Bonchev–Trinajstić information content (AvgIpc) is 3.63. The minimum atomic E-state index is -1.13. The summed E-state index contributed by atoms with van der Waals surface area (Å²) >= 11 is 0. The lowest BCUT2D eigenvalue weighted by Gasteiger charge is -2.37. The van der Waals surface area contributed by atoms with Crippen LogP contribution in [0.5, 0.6) is 0 Å². The maximum atomic E-state index is 11.1. The molecule has 174 valence electrons. The molecule has 0 unspecified atom stereocenters. The lowest BCUT2D eigenvalue weighted by molar-refractivity contribution is 0.0662. The number of benzene rings is 1. The summed E-state index contributed by atoms with van der Waals surface area (Å²) in [5.74, 6) is -0.716. The van der Waals surface area contributed by atoms with Crippen molar-refractivity contribution < 1.29 is 14.3 Å². The molecule has 5 heterocycles. The number of aromatic carboxylic acids is 1. The Morgan fingerprint density at radius 2 is 2.00 bits per heavy atom. The summed E-state index contributed by atoms with van der Waals surface area (Å²) in [5.41, 5.74) is 3.83. The molecule has 2 aliphatic rings. The number of carbonyl (C=O) groups is 1. The zero-order chi connectivity index (χ0) is 23.4. The summed E-state index contributed by atoms with van der Waals surface area (Å²) in [7, 11) is 0. The molecule has 6 rings (SSSR count). The molecule has 2 atom stereocenters. The van der Waals surface area contributed by atoms with E-state index in [1.54, 1.807) is 10.7 Å². The van der Waals surface area contributed by atoms with Crippen LogP contribution in [0.15, 0.2) is 53.5 Å². The molecule has 2 N–H and O–H groups in total. The van der Waals surface area contributed by atoms with E-state index in [-0.39, 0.29) is 5.76 Å². The van der Waals surface area contributed by atoms with Crippen LogP contribution >= 0.6 is 0 Å². The third kappa shape index (κ3) is 3.38. The van der Waals surface area contributed by atoms with Crippen molar-refractivity contribution in [3.63, 3.8) is 0 Å². The molecule has 4 aromatic rings. The van der Waals surface area contributed by atoms with Crippen LogP contribution in [-0.2, 0) is 0 Å². The van der Waals surface area contributed by atoms with E-state index >= 15 is 0 Å². The Morgan fingerprint density at radius 1 is 1.18 bits per heavy atom. The fourth-order valence-corrected chi connectivity index (χ4v) is 5.20. The van der Waals surface area contributed by atoms with Crippen LogP contribution in [0.1, 0.15) is 30.8 Å². The number of aromatic nitrogens is 4. The van der Waals surface area contributed by atoms with Gasteiger partial charge in [0, 0.05) is 54.2 Å². The van der Waals surface area contributed by atoms with Gasteiger partial charge in [-0.05, 0) is 44.5 Å². The topological polar surface area (TPSA) is 112 Å². The van der Waals surface area contributed by atoms with Crippen molar-refractivity contribution in [2.75, 3.05) is 23.3 Å². The molecule has 0 amide bonds. The van der Waals surface area contributed by atoms with Crippen LogP contribution in [0, 0.1) is 0 Å². The maximum Gasteiger partial charge on any atom is 0.371 e. The zero-order valence-electron chi connectivity index (χ0n) is 18.9. The highest BCUT2D eigenvalue weighted by Gasteiger charge is 2.43. The predicted molar refractivity (Wildman–Crippen MR) is 127 cm³/mol. The van der Waals surface area contributed by atoms with E-state index in [4.69, 9.17) is 9.52 Å². The predicted octanol–water partition coefficient (Wildman–Crippen LogP) is 3.50. The van der Waals surface area contributed by atoms with E-state index in [1.165, 1.54) is 30.8 Å². The molecule has 2 saturated heterocycles. The van der Waals surface area contributed by atoms with Crippen molar-refractivity contribution in [2.45, 2.75) is 38.4 Å². The Bertz CT molecular complexity index is 1360. The van der Waals surface area contributed by atoms with Gasteiger partial charge in [-0.1, -0.05) is 0 Å². The monoisotopic (exact) mass is 459 g/mol. The number of carboxylic acid groups (broad SMARTS) is 1. The number of anilines is 3. The van der Waals surface area contributed by atoms with Gasteiger partial charge in [-0.2, -0.15) is 5.10 Å². The largest absolute Gasteiger partial charge is 0.475 e. The van der Waals surface area contributed by atoms with E-state index in [0.717, 1.165) is 18.8 Å². The number of fused-ring (bicyclic) bond motifs is 3. The minimum absolute atomic E-state index is 0.145. The van der Waals surface area contributed by atoms with Gasteiger partial charge in [-0.25, -0.2) is 19.3 Å².